The quantitative estimate of drug-likeness (QED) is 0.575. The van der Waals surface area contributed by atoms with Crippen LogP contribution in [0.2, 0.25) is 0 Å². The van der Waals surface area contributed by atoms with E-state index in [4.69, 9.17) is 4.74 Å². The Morgan fingerprint density at radius 3 is 2.63 bits per heavy atom. The van der Waals surface area contributed by atoms with Crippen LogP contribution in [0, 0.1) is 12.8 Å². The van der Waals surface area contributed by atoms with Crippen molar-refractivity contribution < 1.29 is 14.3 Å². The second kappa shape index (κ2) is 4.80. The number of benzene rings is 1. The van der Waals surface area contributed by atoms with Gasteiger partial charge in [-0.3, -0.25) is 9.59 Å². The molecule has 0 saturated carbocycles. The van der Waals surface area contributed by atoms with Crippen molar-refractivity contribution in [3.63, 3.8) is 0 Å². The molecule has 0 N–H and O–H groups in total. The minimum absolute atomic E-state index is 0.0893. The molecule has 0 aliphatic heterocycles. The molecule has 0 heterocycles. The minimum atomic E-state index is -0.646. The largest absolute Gasteiger partial charge is 0.459 e. The molecule has 0 saturated heterocycles. The van der Waals surface area contributed by atoms with Crippen molar-refractivity contribution in [3.05, 3.63) is 34.9 Å². The van der Waals surface area contributed by atoms with E-state index in [0.29, 0.717) is 12.0 Å². The van der Waals surface area contributed by atoms with Crippen molar-refractivity contribution in [3.8, 4) is 0 Å². The molecule has 1 aliphatic carbocycles. The molecule has 1 aromatic rings. The van der Waals surface area contributed by atoms with Crippen LogP contribution in [0.3, 0.4) is 0 Å². The van der Waals surface area contributed by atoms with Crippen molar-refractivity contribution in [1.82, 2.24) is 0 Å². The molecule has 1 aromatic carbocycles. The minimum Gasteiger partial charge on any atom is -0.459 e. The Morgan fingerprint density at radius 2 is 2.00 bits per heavy atom. The number of hydrogen-bond acceptors (Lipinski definition) is 3. The third-order valence-electron chi connectivity index (χ3n) is 3.32. The van der Waals surface area contributed by atoms with Crippen LogP contribution in [0.1, 0.15) is 48.7 Å². The average molecular weight is 260 g/mol. The van der Waals surface area contributed by atoms with Crippen molar-refractivity contribution in [2.24, 2.45) is 5.92 Å². The number of aryl methyl sites for hydroxylation is 2. The number of carbonyl (C=O) groups is 2. The zero-order valence-electron chi connectivity index (χ0n) is 11.9. The van der Waals surface area contributed by atoms with E-state index in [9.17, 15) is 9.59 Å². The molecular formula is C16H20O3. The summed E-state index contributed by atoms with van der Waals surface area (Å²) in [5, 5.41) is 0. The number of Topliss-reactive ketones (excluding diaryl/α,β-unsaturated/α-hetero) is 1. The molecule has 0 fully saturated rings. The van der Waals surface area contributed by atoms with Gasteiger partial charge in [0.25, 0.3) is 0 Å². The molecule has 3 nitrogen and oxygen atoms in total. The molecule has 3 heteroatoms. The molecule has 102 valence electrons. The Morgan fingerprint density at radius 1 is 1.32 bits per heavy atom. The van der Waals surface area contributed by atoms with Gasteiger partial charge in [-0.15, -0.1) is 0 Å². The monoisotopic (exact) mass is 260 g/mol. The van der Waals surface area contributed by atoms with Gasteiger partial charge in [0, 0.05) is 5.56 Å². The molecule has 2 rings (SSSR count). The molecule has 0 spiro atoms. The molecule has 1 unspecified atom stereocenters. The zero-order valence-corrected chi connectivity index (χ0v) is 11.9. The van der Waals surface area contributed by atoms with Gasteiger partial charge in [-0.05, 0) is 51.7 Å². The lowest BCUT2D eigenvalue weighted by Gasteiger charge is -2.27. The lowest BCUT2D eigenvalue weighted by molar-refractivity contribution is -0.158. The summed E-state index contributed by atoms with van der Waals surface area (Å²) >= 11 is 0. The van der Waals surface area contributed by atoms with Crippen LogP contribution in [0.25, 0.3) is 0 Å². The summed E-state index contributed by atoms with van der Waals surface area (Å²) in [5.74, 6) is -1.13. The first kappa shape index (κ1) is 13.8. The second-order valence-corrected chi connectivity index (χ2v) is 6.10. The maximum Gasteiger partial charge on any atom is 0.317 e. The third kappa shape index (κ3) is 2.86. The summed E-state index contributed by atoms with van der Waals surface area (Å²) in [4.78, 5) is 24.6. The summed E-state index contributed by atoms with van der Waals surface area (Å²) in [5.41, 5.74) is 2.15. The van der Waals surface area contributed by atoms with E-state index in [1.807, 2.05) is 45.9 Å². The van der Waals surface area contributed by atoms with E-state index in [-0.39, 0.29) is 5.78 Å². The fourth-order valence-corrected chi connectivity index (χ4v) is 2.49. The Balaban J connectivity index is 2.27. The lowest BCUT2D eigenvalue weighted by Crippen LogP contribution is -2.35. The molecule has 19 heavy (non-hydrogen) atoms. The van der Waals surface area contributed by atoms with Gasteiger partial charge >= 0.3 is 5.97 Å². The fourth-order valence-electron chi connectivity index (χ4n) is 2.49. The van der Waals surface area contributed by atoms with E-state index in [2.05, 4.69) is 0 Å². The molecule has 0 amide bonds. The van der Waals surface area contributed by atoms with E-state index < -0.39 is 17.5 Å². The number of ether oxygens (including phenoxy) is 1. The Hall–Kier alpha value is -1.64. The van der Waals surface area contributed by atoms with Gasteiger partial charge in [-0.1, -0.05) is 18.2 Å². The molecule has 0 aromatic heterocycles. The first-order valence-corrected chi connectivity index (χ1v) is 6.65. The molecule has 1 atom stereocenters. The van der Waals surface area contributed by atoms with E-state index in [1.165, 1.54) is 0 Å². The predicted molar refractivity (Wildman–Crippen MR) is 73.2 cm³/mol. The number of esters is 1. The van der Waals surface area contributed by atoms with Gasteiger partial charge < -0.3 is 4.74 Å². The van der Waals surface area contributed by atoms with E-state index >= 15 is 0 Å². The van der Waals surface area contributed by atoms with Gasteiger partial charge in [0.1, 0.15) is 11.5 Å². The van der Waals surface area contributed by atoms with E-state index in [1.54, 1.807) is 0 Å². The van der Waals surface area contributed by atoms with Gasteiger partial charge in [0.15, 0.2) is 5.78 Å². The topological polar surface area (TPSA) is 43.4 Å². The van der Waals surface area contributed by atoms with Gasteiger partial charge in [0.2, 0.25) is 0 Å². The van der Waals surface area contributed by atoms with Gasteiger partial charge in [-0.25, -0.2) is 0 Å². The first-order chi connectivity index (χ1) is 8.79. The molecule has 0 radical (unpaired) electrons. The highest BCUT2D eigenvalue weighted by Gasteiger charge is 2.36. The SMILES string of the molecule is Cc1cccc2c1C(=O)C(C(=O)OC(C)(C)C)CC2. The van der Waals surface area contributed by atoms with Gasteiger partial charge in [0.05, 0.1) is 0 Å². The van der Waals surface area contributed by atoms with Crippen LogP contribution in [0.15, 0.2) is 18.2 Å². The van der Waals surface area contributed by atoms with Crippen LogP contribution in [-0.2, 0) is 16.0 Å². The maximum absolute atomic E-state index is 12.5. The Kier molecular flexibility index (Phi) is 3.48. The lowest BCUT2D eigenvalue weighted by atomic mass is 9.81. The fraction of sp³-hybridized carbons (Fsp3) is 0.500. The normalized spacial score (nSPS) is 18.9. The van der Waals surface area contributed by atoms with Crippen LogP contribution in [0.5, 0.6) is 0 Å². The molecular weight excluding hydrogens is 240 g/mol. The maximum atomic E-state index is 12.5. The number of rotatable bonds is 1. The summed E-state index contributed by atoms with van der Waals surface area (Å²) in [6.45, 7) is 7.36. The Bertz CT molecular complexity index is 523. The summed E-state index contributed by atoms with van der Waals surface area (Å²) < 4.78 is 5.34. The molecule has 0 bridgehead atoms. The highest BCUT2D eigenvalue weighted by molar-refractivity contribution is 6.11. The summed E-state index contributed by atoms with van der Waals surface area (Å²) in [7, 11) is 0. The number of fused-ring (bicyclic) bond motifs is 1. The smallest absolute Gasteiger partial charge is 0.317 e. The van der Waals surface area contributed by atoms with Crippen LogP contribution < -0.4 is 0 Å². The van der Waals surface area contributed by atoms with Crippen LogP contribution in [-0.4, -0.2) is 17.4 Å². The number of ketones is 1. The zero-order chi connectivity index (χ0) is 14.2. The second-order valence-electron chi connectivity index (χ2n) is 6.10. The standard InChI is InChI=1S/C16H20O3/c1-10-6-5-7-11-8-9-12(14(17)13(10)11)15(18)19-16(2,3)4/h5-7,12H,8-9H2,1-4H3. The van der Waals surface area contributed by atoms with Gasteiger partial charge in [-0.2, -0.15) is 0 Å². The van der Waals surface area contributed by atoms with Crippen LogP contribution in [0.4, 0.5) is 0 Å². The summed E-state index contributed by atoms with van der Waals surface area (Å²) in [6, 6.07) is 5.83. The average Bonchev–Trinajstić information content (AvgIpc) is 2.26. The predicted octanol–water partition coefficient (Wildman–Crippen LogP) is 3.08. The number of carbonyl (C=O) groups excluding carboxylic acids is 2. The summed E-state index contributed by atoms with van der Waals surface area (Å²) in [6.07, 6.45) is 1.30. The van der Waals surface area contributed by atoms with Crippen LogP contribution >= 0.6 is 0 Å². The first-order valence-electron chi connectivity index (χ1n) is 6.65. The van der Waals surface area contributed by atoms with Crippen molar-refractivity contribution in [1.29, 1.82) is 0 Å². The highest BCUT2D eigenvalue weighted by atomic mass is 16.6. The number of hydrogen-bond donors (Lipinski definition) is 0. The van der Waals surface area contributed by atoms with Crippen molar-refractivity contribution >= 4 is 11.8 Å². The van der Waals surface area contributed by atoms with Crippen molar-refractivity contribution in [2.75, 3.05) is 0 Å². The third-order valence-corrected chi connectivity index (χ3v) is 3.32. The van der Waals surface area contributed by atoms with Crippen molar-refractivity contribution in [2.45, 2.75) is 46.1 Å². The Labute approximate surface area is 114 Å². The molecule has 1 aliphatic rings. The highest BCUT2D eigenvalue weighted by Crippen LogP contribution is 2.29. The van der Waals surface area contributed by atoms with E-state index in [0.717, 1.165) is 17.5 Å².